The third-order valence-electron chi connectivity index (χ3n) is 3.88. The normalized spacial score (nSPS) is 11.0. The number of hydrogen-bond donors (Lipinski definition) is 0. The smallest absolute Gasteiger partial charge is 0.258 e. The van der Waals surface area contributed by atoms with E-state index in [1.165, 1.54) is 10.9 Å². The fraction of sp³-hybridized carbons (Fsp3) is 0.0556. The summed E-state index contributed by atoms with van der Waals surface area (Å²) in [6.07, 6.45) is 2.98. The van der Waals surface area contributed by atoms with E-state index in [1.807, 2.05) is 36.4 Å². The maximum Gasteiger partial charge on any atom is 0.313 e. The molecule has 0 aliphatic rings. The molecule has 0 fully saturated rings. The molecule has 4 rings (SSSR count). The molecule has 4 aromatic rings. The van der Waals surface area contributed by atoms with Gasteiger partial charge < -0.3 is 0 Å². The summed E-state index contributed by atoms with van der Waals surface area (Å²) >= 11 is 5.04. The number of nitro groups is 1. The van der Waals surface area contributed by atoms with Crippen molar-refractivity contribution in [2.75, 3.05) is 0 Å². The summed E-state index contributed by atoms with van der Waals surface area (Å²) in [5.41, 5.74) is 1.62. The Morgan fingerprint density at radius 1 is 1.19 bits per heavy atom. The highest BCUT2D eigenvalue weighted by atomic mass is 79.9. The molecule has 0 atom stereocenters. The molecule has 0 radical (unpaired) electrons. The van der Waals surface area contributed by atoms with Gasteiger partial charge in [0, 0.05) is 20.5 Å². The summed E-state index contributed by atoms with van der Waals surface area (Å²) < 4.78 is 2.26. The minimum absolute atomic E-state index is 0.118. The molecule has 0 aliphatic carbocycles. The summed E-state index contributed by atoms with van der Waals surface area (Å²) in [4.78, 5) is 16.4. The van der Waals surface area contributed by atoms with Gasteiger partial charge in [-0.3, -0.25) is 10.1 Å². The van der Waals surface area contributed by atoms with Gasteiger partial charge in [0.25, 0.3) is 0 Å². The van der Waals surface area contributed by atoms with Crippen molar-refractivity contribution in [2.24, 2.45) is 0 Å². The van der Waals surface area contributed by atoms with Crippen LogP contribution in [0.2, 0.25) is 0 Å². The standard InChI is InChI=1S/C18H12BrN5O2S/c19-12-6-7-16-15(8-12)18(17(9-20-16)24(25)26)23-10-13(21-22-23)11-27-14-4-2-1-3-5-14/h1-10H,11H2. The fourth-order valence-corrected chi connectivity index (χ4v) is 3.82. The molecule has 0 spiro atoms. The van der Waals surface area contributed by atoms with E-state index in [0.29, 0.717) is 22.3 Å². The summed E-state index contributed by atoms with van der Waals surface area (Å²) in [5.74, 6) is 0.616. The Morgan fingerprint density at radius 3 is 2.78 bits per heavy atom. The molecule has 0 bridgehead atoms. The Labute approximate surface area is 166 Å². The molecule has 0 saturated heterocycles. The van der Waals surface area contributed by atoms with Gasteiger partial charge in [0.05, 0.1) is 22.3 Å². The maximum atomic E-state index is 11.5. The first kappa shape index (κ1) is 17.6. The second kappa shape index (κ2) is 7.45. The molecule has 9 heteroatoms. The highest BCUT2D eigenvalue weighted by Crippen LogP contribution is 2.31. The Morgan fingerprint density at radius 2 is 2.00 bits per heavy atom. The number of pyridine rings is 1. The van der Waals surface area contributed by atoms with Crippen molar-refractivity contribution in [1.29, 1.82) is 0 Å². The van der Waals surface area contributed by atoms with Gasteiger partial charge in [0.15, 0.2) is 5.69 Å². The van der Waals surface area contributed by atoms with Crippen LogP contribution in [0.25, 0.3) is 16.6 Å². The second-order valence-electron chi connectivity index (χ2n) is 5.67. The number of fused-ring (bicyclic) bond motifs is 1. The number of halogens is 1. The molecule has 0 aliphatic heterocycles. The third kappa shape index (κ3) is 3.69. The minimum atomic E-state index is -0.456. The van der Waals surface area contributed by atoms with Gasteiger partial charge in [-0.15, -0.1) is 16.9 Å². The van der Waals surface area contributed by atoms with Crippen LogP contribution in [0.4, 0.5) is 5.69 Å². The zero-order chi connectivity index (χ0) is 18.8. The van der Waals surface area contributed by atoms with E-state index in [9.17, 15) is 10.1 Å². The van der Waals surface area contributed by atoms with Crippen molar-refractivity contribution in [2.45, 2.75) is 10.6 Å². The monoisotopic (exact) mass is 441 g/mol. The lowest BCUT2D eigenvalue weighted by Crippen LogP contribution is -2.03. The van der Waals surface area contributed by atoms with Crippen LogP contribution in [-0.2, 0) is 5.75 Å². The Hall–Kier alpha value is -2.78. The molecule has 7 nitrogen and oxygen atoms in total. The average Bonchev–Trinajstić information content (AvgIpc) is 3.14. The highest BCUT2D eigenvalue weighted by molar-refractivity contribution is 9.10. The number of benzene rings is 2. The van der Waals surface area contributed by atoms with Crippen LogP contribution in [0.15, 0.2) is 70.3 Å². The van der Waals surface area contributed by atoms with E-state index < -0.39 is 4.92 Å². The summed E-state index contributed by atoms with van der Waals surface area (Å²) in [6.45, 7) is 0. The molecule has 27 heavy (non-hydrogen) atoms. The molecule has 0 amide bonds. The van der Waals surface area contributed by atoms with Gasteiger partial charge in [0.2, 0.25) is 0 Å². The zero-order valence-corrected chi connectivity index (χ0v) is 16.2. The predicted octanol–water partition coefficient (Wildman–Crippen LogP) is 4.78. The third-order valence-corrected chi connectivity index (χ3v) is 5.42. The van der Waals surface area contributed by atoms with Crippen LogP contribution in [0.3, 0.4) is 0 Å². The van der Waals surface area contributed by atoms with E-state index >= 15 is 0 Å². The zero-order valence-electron chi connectivity index (χ0n) is 13.8. The number of aromatic nitrogens is 4. The molecule has 0 saturated carbocycles. The lowest BCUT2D eigenvalue weighted by atomic mass is 10.1. The number of thioether (sulfide) groups is 1. The summed E-state index contributed by atoms with van der Waals surface area (Å²) in [7, 11) is 0. The van der Waals surface area contributed by atoms with Gasteiger partial charge in [0.1, 0.15) is 6.20 Å². The Kier molecular flexibility index (Phi) is 4.87. The van der Waals surface area contributed by atoms with Gasteiger partial charge in [-0.1, -0.05) is 39.3 Å². The van der Waals surface area contributed by atoms with Crippen molar-refractivity contribution >= 4 is 44.3 Å². The lowest BCUT2D eigenvalue weighted by Gasteiger charge is -2.06. The number of rotatable bonds is 5. The Bertz CT molecular complexity index is 1130. The van der Waals surface area contributed by atoms with E-state index in [2.05, 4.69) is 31.2 Å². The fourth-order valence-electron chi connectivity index (χ4n) is 2.66. The van der Waals surface area contributed by atoms with Crippen molar-refractivity contribution in [3.8, 4) is 5.69 Å². The van der Waals surface area contributed by atoms with Crippen LogP contribution in [0.5, 0.6) is 0 Å². The Balaban J connectivity index is 1.73. The minimum Gasteiger partial charge on any atom is -0.258 e. The second-order valence-corrected chi connectivity index (χ2v) is 7.63. The number of nitrogens with zero attached hydrogens (tertiary/aromatic N) is 5. The first-order chi connectivity index (χ1) is 13.1. The predicted molar refractivity (Wildman–Crippen MR) is 107 cm³/mol. The largest absolute Gasteiger partial charge is 0.313 e. The van der Waals surface area contributed by atoms with Crippen LogP contribution in [0.1, 0.15) is 5.69 Å². The maximum absolute atomic E-state index is 11.5. The van der Waals surface area contributed by atoms with E-state index in [1.54, 1.807) is 30.1 Å². The molecular weight excluding hydrogens is 430 g/mol. The van der Waals surface area contributed by atoms with Gasteiger partial charge >= 0.3 is 5.69 Å². The molecule has 2 aromatic heterocycles. The topological polar surface area (TPSA) is 86.7 Å². The summed E-state index contributed by atoms with van der Waals surface area (Å²) in [6, 6.07) is 15.4. The SMILES string of the molecule is O=[N+]([O-])c1cnc2ccc(Br)cc2c1-n1cc(CSc2ccccc2)nn1. The molecule has 0 N–H and O–H groups in total. The number of hydrogen-bond acceptors (Lipinski definition) is 6. The quantitative estimate of drug-likeness (QED) is 0.251. The average molecular weight is 442 g/mol. The van der Waals surface area contributed by atoms with Gasteiger partial charge in [-0.25, -0.2) is 9.67 Å². The van der Waals surface area contributed by atoms with Crippen molar-refractivity contribution < 1.29 is 4.92 Å². The van der Waals surface area contributed by atoms with E-state index in [-0.39, 0.29) is 5.69 Å². The molecule has 0 unspecified atom stereocenters. The van der Waals surface area contributed by atoms with Crippen LogP contribution in [0, 0.1) is 10.1 Å². The molecule has 134 valence electrons. The first-order valence-electron chi connectivity index (χ1n) is 7.94. The van der Waals surface area contributed by atoms with E-state index in [4.69, 9.17) is 0 Å². The van der Waals surface area contributed by atoms with Crippen molar-refractivity contribution in [3.63, 3.8) is 0 Å². The highest BCUT2D eigenvalue weighted by Gasteiger charge is 2.21. The van der Waals surface area contributed by atoms with Gasteiger partial charge in [-0.2, -0.15) is 0 Å². The van der Waals surface area contributed by atoms with E-state index in [0.717, 1.165) is 15.1 Å². The van der Waals surface area contributed by atoms with Crippen molar-refractivity contribution in [3.05, 3.63) is 81.2 Å². The van der Waals surface area contributed by atoms with Crippen LogP contribution in [-0.4, -0.2) is 24.9 Å². The summed E-state index contributed by atoms with van der Waals surface area (Å²) in [5, 5.41) is 20.5. The first-order valence-corrected chi connectivity index (χ1v) is 9.72. The molecule has 2 aromatic carbocycles. The molecular formula is C18H12BrN5O2S. The lowest BCUT2D eigenvalue weighted by molar-refractivity contribution is -0.384. The van der Waals surface area contributed by atoms with Crippen molar-refractivity contribution in [1.82, 2.24) is 20.0 Å². The van der Waals surface area contributed by atoms with Crippen LogP contribution >= 0.6 is 27.7 Å². The molecule has 2 heterocycles. The van der Waals surface area contributed by atoms with Crippen LogP contribution < -0.4 is 0 Å². The van der Waals surface area contributed by atoms with Gasteiger partial charge in [-0.05, 0) is 30.3 Å².